The average Bonchev–Trinajstić information content (AvgIpc) is 2.94. The molecule has 0 saturated heterocycles. The van der Waals surface area contributed by atoms with E-state index in [9.17, 15) is 4.79 Å². The van der Waals surface area contributed by atoms with Crippen LogP contribution in [0.1, 0.15) is 65.7 Å². The van der Waals surface area contributed by atoms with E-state index in [1.54, 1.807) is 0 Å². The van der Waals surface area contributed by atoms with E-state index in [4.69, 9.17) is 4.74 Å². The summed E-state index contributed by atoms with van der Waals surface area (Å²) >= 11 is 0. The first kappa shape index (κ1) is 20.1. The quantitative estimate of drug-likeness (QED) is 0.776. The minimum atomic E-state index is -0.566. The molecular weight excluding hydrogens is 326 g/mol. The SMILES string of the molecule is CC(C)COc1nc(-c2ccc(C(C)(C)C)cc2)n(C(=O)C(C)(C)C)n1. The van der Waals surface area contributed by atoms with Crippen molar-refractivity contribution in [1.82, 2.24) is 14.8 Å². The third-order valence-corrected chi connectivity index (χ3v) is 3.98. The summed E-state index contributed by atoms with van der Waals surface area (Å²) in [6.07, 6.45) is 0. The molecule has 0 atom stereocenters. The van der Waals surface area contributed by atoms with Crippen molar-refractivity contribution in [2.45, 2.75) is 60.8 Å². The lowest BCUT2D eigenvalue weighted by Crippen LogP contribution is -2.28. The van der Waals surface area contributed by atoms with Gasteiger partial charge in [-0.2, -0.15) is 9.67 Å². The topological polar surface area (TPSA) is 57.0 Å². The van der Waals surface area contributed by atoms with Crippen LogP contribution in [0.4, 0.5) is 0 Å². The van der Waals surface area contributed by atoms with Crippen LogP contribution < -0.4 is 4.74 Å². The Morgan fingerprint density at radius 2 is 1.65 bits per heavy atom. The van der Waals surface area contributed by atoms with Crippen LogP contribution in [-0.4, -0.2) is 27.3 Å². The van der Waals surface area contributed by atoms with Crippen LogP contribution in [0.3, 0.4) is 0 Å². The number of aromatic nitrogens is 3. The number of carbonyl (C=O) groups excluding carboxylic acids is 1. The maximum absolute atomic E-state index is 12.8. The van der Waals surface area contributed by atoms with Crippen molar-refractivity contribution in [3.63, 3.8) is 0 Å². The van der Waals surface area contributed by atoms with E-state index in [1.165, 1.54) is 10.2 Å². The lowest BCUT2D eigenvalue weighted by molar-refractivity contribution is 0.0748. The van der Waals surface area contributed by atoms with Crippen LogP contribution in [0, 0.1) is 11.3 Å². The Balaban J connectivity index is 2.46. The van der Waals surface area contributed by atoms with E-state index in [0.29, 0.717) is 18.3 Å². The molecule has 1 heterocycles. The molecule has 0 aliphatic rings. The number of hydrogen-bond donors (Lipinski definition) is 0. The second-order valence-electron chi connectivity index (χ2n) is 9.22. The number of hydrogen-bond acceptors (Lipinski definition) is 4. The van der Waals surface area contributed by atoms with Gasteiger partial charge in [0, 0.05) is 11.0 Å². The van der Waals surface area contributed by atoms with Gasteiger partial charge in [0.2, 0.25) is 0 Å². The summed E-state index contributed by atoms with van der Waals surface area (Å²) in [6, 6.07) is 8.37. The molecule has 2 rings (SSSR count). The van der Waals surface area contributed by atoms with Gasteiger partial charge >= 0.3 is 6.01 Å². The van der Waals surface area contributed by atoms with E-state index in [1.807, 2.05) is 32.9 Å². The van der Waals surface area contributed by atoms with Crippen molar-refractivity contribution in [2.24, 2.45) is 11.3 Å². The summed E-state index contributed by atoms with van der Waals surface area (Å²) < 4.78 is 7.03. The largest absolute Gasteiger partial charge is 0.462 e. The Kier molecular flexibility index (Phi) is 5.59. The summed E-state index contributed by atoms with van der Waals surface area (Å²) in [5, 5.41) is 4.33. The highest BCUT2D eigenvalue weighted by atomic mass is 16.5. The summed E-state index contributed by atoms with van der Waals surface area (Å²) in [5.74, 6) is 0.762. The fraction of sp³-hybridized carbons (Fsp3) is 0.571. The van der Waals surface area contributed by atoms with E-state index in [2.05, 4.69) is 56.8 Å². The predicted molar refractivity (Wildman–Crippen MR) is 105 cm³/mol. The Morgan fingerprint density at radius 3 is 2.12 bits per heavy atom. The van der Waals surface area contributed by atoms with E-state index in [-0.39, 0.29) is 17.3 Å². The van der Waals surface area contributed by atoms with Crippen molar-refractivity contribution >= 4 is 5.91 Å². The van der Waals surface area contributed by atoms with Gasteiger partial charge in [-0.15, -0.1) is 5.10 Å². The molecule has 0 radical (unpaired) electrons. The van der Waals surface area contributed by atoms with Crippen molar-refractivity contribution in [3.05, 3.63) is 29.8 Å². The molecule has 0 saturated carbocycles. The molecule has 5 nitrogen and oxygen atoms in total. The van der Waals surface area contributed by atoms with Gasteiger partial charge in [0.05, 0.1) is 6.61 Å². The van der Waals surface area contributed by atoms with Crippen molar-refractivity contribution in [1.29, 1.82) is 0 Å². The maximum atomic E-state index is 12.8. The molecule has 0 fully saturated rings. The molecule has 0 spiro atoms. The monoisotopic (exact) mass is 357 g/mol. The number of benzene rings is 1. The standard InChI is InChI=1S/C21H31N3O2/c1-14(2)13-26-19-22-17(24(23-19)18(25)21(6,7)8)15-9-11-16(12-10-15)20(3,4)5/h9-12,14H,13H2,1-8H3. The average molecular weight is 357 g/mol. The van der Waals surface area contributed by atoms with Crippen LogP contribution in [0.25, 0.3) is 11.4 Å². The molecule has 0 bridgehead atoms. The van der Waals surface area contributed by atoms with Gasteiger partial charge in [0.15, 0.2) is 5.82 Å². The zero-order valence-corrected chi connectivity index (χ0v) is 17.3. The molecule has 142 valence electrons. The first-order valence-electron chi connectivity index (χ1n) is 9.15. The van der Waals surface area contributed by atoms with E-state index >= 15 is 0 Å². The molecule has 1 aromatic heterocycles. The molecule has 0 N–H and O–H groups in total. The van der Waals surface area contributed by atoms with Gasteiger partial charge in [-0.25, -0.2) is 0 Å². The van der Waals surface area contributed by atoms with Gasteiger partial charge in [-0.05, 0) is 16.9 Å². The lowest BCUT2D eigenvalue weighted by Gasteiger charge is -2.19. The van der Waals surface area contributed by atoms with Crippen LogP contribution in [0.2, 0.25) is 0 Å². The minimum Gasteiger partial charge on any atom is -0.462 e. The normalized spacial score (nSPS) is 12.5. The van der Waals surface area contributed by atoms with Gasteiger partial charge in [0.25, 0.3) is 5.91 Å². The fourth-order valence-corrected chi connectivity index (χ4v) is 2.36. The number of rotatable bonds is 4. The highest BCUT2D eigenvalue weighted by molar-refractivity contribution is 5.86. The van der Waals surface area contributed by atoms with Gasteiger partial charge in [-0.3, -0.25) is 4.79 Å². The van der Waals surface area contributed by atoms with Gasteiger partial charge < -0.3 is 4.74 Å². The second-order valence-corrected chi connectivity index (χ2v) is 9.22. The minimum absolute atomic E-state index is 0.0684. The second kappa shape index (κ2) is 7.22. The van der Waals surface area contributed by atoms with Crippen molar-refractivity contribution < 1.29 is 9.53 Å². The third-order valence-electron chi connectivity index (χ3n) is 3.98. The third kappa shape index (κ3) is 4.71. The zero-order valence-electron chi connectivity index (χ0n) is 17.3. The molecule has 0 unspecified atom stereocenters. The summed E-state index contributed by atoms with van der Waals surface area (Å²) in [5.41, 5.74) is 1.58. The first-order chi connectivity index (χ1) is 11.9. The Morgan fingerprint density at radius 1 is 1.08 bits per heavy atom. The predicted octanol–water partition coefficient (Wildman–Crippen LogP) is 4.96. The summed E-state index contributed by atoms with van der Waals surface area (Å²) in [7, 11) is 0. The molecule has 2 aromatic rings. The van der Waals surface area contributed by atoms with Gasteiger partial charge in [-0.1, -0.05) is 79.7 Å². The molecule has 26 heavy (non-hydrogen) atoms. The van der Waals surface area contributed by atoms with Crippen LogP contribution in [0.5, 0.6) is 6.01 Å². The highest BCUT2D eigenvalue weighted by Crippen LogP contribution is 2.28. The molecular formula is C21H31N3O2. The number of carbonyl (C=O) groups is 1. The molecule has 0 aliphatic heterocycles. The Hall–Kier alpha value is -2.17. The van der Waals surface area contributed by atoms with Crippen molar-refractivity contribution in [3.8, 4) is 17.4 Å². The molecule has 0 aliphatic carbocycles. The molecule has 0 amide bonds. The van der Waals surface area contributed by atoms with E-state index in [0.717, 1.165) is 5.56 Å². The number of nitrogens with zero attached hydrogens (tertiary/aromatic N) is 3. The first-order valence-corrected chi connectivity index (χ1v) is 9.15. The van der Waals surface area contributed by atoms with E-state index < -0.39 is 5.41 Å². The summed E-state index contributed by atoms with van der Waals surface area (Å²) in [6.45, 7) is 16.8. The lowest BCUT2D eigenvalue weighted by atomic mass is 9.86. The Labute approximate surface area is 156 Å². The molecule has 5 heteroatoms. The molecule has 1 aromatic carbocycles. The van der Waals surface area contributed by atoms with Crippen LogP contribution in [-0.2, 0) is 5.41 Å². The van der Waals surface area contributed by atoms with Crippen LogP contribution in [0.15, 0.2) is 24.3 Å². The van der Waals surface area contributed by atoms with Crippen LogP contribution >= 0.6 is 0 Å². The fourth-order valence-electron chi connectivity index (χ4n) is 2.36. The highest BCUT2D eigenvalue weighted by Gasteiger charge is 2.28. The number of ether oxygens (including phenoxy) is 1. The zero-order chi connectivity index (χ0) is 19.7. The smallest absolute Gasteiger partial charge is 0.336 e. The van der Waals surface area contributed by atoms with Gasteiger partial charge in [0.1, 0.15) is 0 Å². The Bertz CT molecular complexity index is 760. The summed E-state index contributed by atoms with van der Waals surface area (Å²) in [4.78, 5) is 17.3. The maximum Gasteiger partial charge on any atom is 0.336 e. The van der Waals surface area contributed by atoms with Crippen molar-refractivity contribution in [2.75, 3.05) is 6.61 Å².